The average Bonchev–Trinajstić information content (AvgIpc) is 2.91. The van der Waals surface area contributed by atoms with E-state index in [0.717, 1.165) is 12.8 Å². The number of hydrogen-bond acceptors (Lipinski definition) is 8. The Hall–Kier alpha value is -3.25. The second-order valence-corrected chi connectivity index (χ2v) is 11.3. The van der Waals surface area contributed by atoms with Crippen LogP contribution in [0.15, 0.2) is 41.6 Å². The van der Waals surface area contributed by atoms with Crippen LogP contribution in [0.2, 0.25) is 0 Å². The molecular formula is C24H30N6O5S. The standard InChI is InChI=1S/C24H30N6O5S/c1-18-5-9-29(10-6-18)36(33,34)19-3-4-21-20(15-19)30(23(32)17-35-21)16-22(31)27-11-13-28(14-12-27)24-25-7-2-8-26-24/h2-4,7-8,15,18H,5-6,9-14,16-17H2,1H3. The van der Waals surface area contributed by atoms with Gasteiger partial charge in [0.1, 0.15) is 12.3 Å². The molecule has 0 saturated carbocycles. The lowest BCUT2D eigenvalue weighted by Gasteiger charge is -2.36. The zero-order valence-corrected chi connectivity index (χ0v) is 21.1. The molecule has 11 nitrogen and oxygen atoms in total. The van der Waals surface area contributed by atoms with Gasteiger partial charge >= 0.3 is 0 Å². The summed E-state index contributed by atoms with van der Waals surface area (Å²) >= 11 is 0. The first-order valence-electron chi connectivity index (χ1n) is 12.2. The number of piperazine rings is 1. The fraction of sp³-hybridized carbons (Fsp3) is 0.500. The molecule has 12 heteroatoms. The van der Waals surface area contributed by atoms with Gasteiger partial charge in [0.05, 0.1) is 10.6 Å². The molecule has 3 aliphatic heterocycles. The molecule has 1 aromatic heterocycles. The zero-order chi connectivity index (χ0) is 25.3. The van der Waals surface area contributed by atoms with E-state index in [9.17, 15) is 18.0 Å². The van der Waals surface area contributed by atoms with Crippen LogP contribution >= 0.6 is 0 Å². The lowest BCUT2D eigenvalue weighted by Crippen LogP contribution is -2.53. The van der Waals surface area contributed by atoms with Crippen molar-refractivity contribution < 1.29 is 22.7 Å². The first-order chi connectivity index (χ1) is 17.3. The van der Waals surface area contributed by atoms with Crippen molar-refractivity contribution in [2.45, 2.75) is 24.7 Å². The molecule has 0 N–H and O–H groups in total. The van der Waals surface area contributed by atoms with Gasteiger partial charge in [-0.05, 0) is 43.0 Å². The van der Waals surface area contributed by atoms with Gasteiger partial charge in [-0.25, -0.2) is 18.4 Å². The monoisotopic (exact) mass is 514 g/mol. The van der Waals surface area contributed by atoms with Crippen LogP contribution in [0, 0.1) is 5.92 Å². The molecule has 192 valence electrons. The highest BCUT2D eigenvalue weighted by Crippen LogP contribution is 2.35. The second-order valence-electron chi connectivity index (χ2n) is 9.40. The number of nitrogens with zero attached hydrogens (tertiary/aromatic N) is 6. The van der Waals surface area contributed by atoms with Crippen LogP contribution in [0.25, 0.3) is 0 Å². The third-order valence-electron chi connectivity index (χ3n) is 7.01. The van der Waals surface area contributed by atoms with Crippen molar-refractivity contribution in [2.75, 3.05) is 62.2 Å². The lowest BCUT2D eigenvalue weighted by molar-refractivity contribution is -0.132. The second kappa shape index (κ2) is 10.0. The maximum atomic E-state index is 13.3. The Balaban J connectivity index is 1.30. The Morgan fingerprint density at radius 1 is 1.06 bits per heavy atom. The summed E-state index contributed by atoms with van der Waals surface area (Å²) in [6.07, 6.45) is 5.00. The van der Waals surface area contributed by atoms with Crippen molar-refractivity contribution >= 4 is 33.5 Å². The molecule has 2 fully saturated rings. The van der Waals surface area contributed by atoms with E-state index in [-0.39, 0.29) is 29.9 Å². The third-order valence-corrected chi connectivity index (χ3v) is 8.91. The number of rotatable bonds is 5. The van der Waals surface area contributed by atoms with E-state index in [1.165, 1.54) is 21.3 Å². The predicted octanol–water partition coefficient (Wildman–Crippen LogP) is 0.971. The van der Waals surface area contributed by atoms with E-state index in [1.54, 1.807) is 29.4 Å². The maximum Gasteiger partial charge on any atom is 0.265 e. The fourth-order valence-electron chi connectivity index (χ4n) is 4.74. The molecule has 1 aromatic carbocycles. The highest BCUT2D eigenvalue weighted by Gasteiger charge is 2.33. The van der Waals surface area contributed by atoms with E-state index < -0.39 is 10.0 Å². The Morgan fingerprint density at radius 2 is 1.75 bits per heavy atom. The number of hydrogen-bond donors (Lipinski definition) is 0. The number of piperidine rings is 1. The van der Waals surface area contributed by atoms with E-state index in [1.807, 2.05) is 4.90 Å². The number of aromatic nitrogens is 2. The smallest absolute Gasteiger partial charge is 0.265 e. The third kappa shape index (κ3) is 4.87. The van der Waals surface area contributed by atoms with E-state index in [2.05, 4.69) is 16.9 Å². The maximum absolute atomic E-state index is 13.3. The largest absolute Gasteiger partial charge is 0.482 e. The van der Waals surface area contributed by atoms with Crippen LogP contribution in [0.1, 0.15) is 19.8 Å². The van der Waals surface area contributed by atoms with Crippen molar-refractivity contribution in [1.82, 2.24) is 19.2 Å². The first kappa shape index (κ1) is 24.4. The topological polar surface area (TPSA) is 116 Å². The number of ether oxygens (including phenoxy) is 1. The summed E-state index contributed by atoms with van der Waals surface area (Å²) < 4.78 is 33.6. The highest BCUT2D eigenvalue weighted by atomic mass is 32.2. The SMILES string of the molecule is CC1CCN(S(=O)(=O)c2ccc3c(c2)N(CC(=O)N2CCN(c4ncccn4)CC2)C(=O)CO3)CC1. The first-order valence-corrected chi connectivity index (χ1v) is 13.6. The molecule has 0 spiro atoms. The molecule has 0 aliphatic carbocycles. The Kier molecular flexibility index (Phi) is 6.80. The summed E-state index contributed by atoms with van der Waals surface area (Å²) in [5.74, 6) is 0.921. The minimum absolute atomic E-state index is 0.100. The van der Waals surface area contributed by atoms with Crippen molar-refractivity contribution in [3.05, 3.63) is 36.7 Å². The van der Waals surface area contributed by atoms with E-state index >= 15 is 0 Å². The van der Waals surface area contributed by atoms with Crippen LogP contribution in [-0.2, 0) is 19.6 Å². The molecular weight excluding hydrogens is 484 g/mol. The van der Waals surface area contributed by atoms with Crippen LogP contribution in [0.5, 0.6) is 5.75 Å². The Morgan fingerprint density at radius 3 is 2.44 bits per heavy atom. The van der Waals surface area contributed by atoms with Crippen molar-refractivity contribution in [2.24, 2.45) is 5.92 Å². The van der Waals surface area contributed by atoms with Gasteiger partial charge in [0.2, 0.25) is 21.9 Å². The molecule has 3 aliphatic rings. The van der Waals surface area contributed by atoms with Gasteiger partial charge in [0.15, 0.2) is 6.61 Å². The van der Waals surface area contributed by atoms with E-state index in [4.69, 9.17) is 4.74 Å². The fourth-order valence-corrected chi connectivity index (χ4v) is 6.23. The van der Waals surface area contributed by atoms with Gasteiger partial charge < -0.3 is 14.5 Å². The molecule has 0 radical (unpaired) electrons. The van der Waals surface area contributed by atoms with Crippen LogP contribution < -0.4 is 14.5 Å². The van der Waals surface area contributed by atoms with Gasteiger partial charge in [-0.15, -0.1) is 0 Å². The van der Waals surface area contributed by atoms with Gasteiger partial charge in [-0.1, -0.05) is 6.92 Å². The van der Waals surface area contributed by atoms with Crippen molar-refractivity contribution in [1.29, 1.82) is 0 Å². The van der Waals surface area contributed by atoms with Gasteiger partial charge in [-0.2, -0.15) is 4.31 Å². The van der Waals surface area contributed by atoms with Crippen molar-refractivity contribution in [3.8, 4) is 5.75 Å². The molecule has 0 bridgehead atoms. The van der Waals surface area contributed by atoms with Gasteiger partial charge in [0.25, 0.3) is 5.91 Å². The number of amides is 2. The minimum atomic E-state index is -3.71. The molecule has 0 unspecified atom stereocenters. The normalized spacial score (nSPS) is 19.7. The number of carbonyl (C=O) groups excluding carboxylic acids is 2. The Bertz CT molecular complexity index is 1220. The van der Waals surface area contributed by atoms with Crippen molar-refractivity contribution in [3.63, 3.8) is 0 Å². The quantitative estimate of drug-likeness (QED) is 0.580. The van der Waals surface area contributed by atoms with Crippen LogP contribution in [0.3, 0.4) is 0 Å². The predicted molar refractivity (Wildman–Crippen MR) is 132 cm³/mol. The number of carbonyl (C=O) groups is 2. The minimum Gasteiger partial charge on any atom is -0.482 e. The average molecular weight is 515 g/mol. The van der Waals surface area contributed by atoms with Gasteiger partial charge in [0, 0.05) is 51.7 Å². The summed E-state index contributed by atoms with van der Waals surface area (Å²) in [6, 6.07) is 6.28. The molecule has 36 heavy (non-hydrogen) atoms. The summed E-state index contributed by atoms with van der Waals surface area (Å²) in [5, 5.41) is 0. The lowest BCUT2D eigenvalue weighted by atomic mass is 10.0. The Labute approximate surface area is 210 Å². The van der Waals surface area contributed by atoms with Gasteiger partial charge in [-0.3, -0.25) is 14.5 Å². The van der Waals surface area contributed by atoms with E-state index in [0.29, 0.717) is 62.6 Å². The molecule has 2 amide bonds. The number of fused-ring (bicyclic) bond motifs is 1. The molecule has 2 aromatic rings. The number of sulfonamides is 1. The molecule has 2 saturated heterocycles. The van der Waals surface area contributed by atoms with Crippen LogP contribution in [-0.4, -0.2) is 91.8 Å². The summed E-state index contributed by atoms with van der Waals surface area (Å²) in [5.41, 5.74) is 0.308. The summed E-state index contributed by atoms with van der Waals surface area (Å²) in [6.45, 7) is 4.80. The molecule has 5 rings (SSSR count). The number of anilines is 2. The summed E-state index contributed by atoms with van der Waals surface area (Å²) in [7, 11) is -3.71. The summed E-state index contributed by atoms with van der Waals surface area (Å²) in [4.78, 5) is 39.6. The number of benzene rings is 1. The molecule has 0 atom stereocenters. The highest BCUT2D eigenvalue weighted by molar-refractivity contribution is 7.89. The zero-order valence-electron chi connectivity index (χ0n) is 20.2. The van der Waals surface area contributed by atoms with Crippen LogP contribution in [0.4, 0.5) is 11.6 Å². The molecule has 4 heterocycles.